The average molecular weight is 431 g/mol. The van der Waals surface area contributed by atoms with Gasteiger partial charge >= 0.3 is 0 Å². The summed E-state index contributed by atoms with van der Waals surface area (Å²) < 4.78 is 1.57. The van der Waals surface area contributed by atoms with E-state index in [1.807, 2.05) is 37.4 Å². The smallest absolute Gasteiger partial charge is 0.257 e. The second-order valence-corrected chi connectivity index (χ2v) is 8.44. The van der Waals surface area contributed by atoms with Crippen LogP contribution in [0.2, 0.25) is 5.02 Å². The first kappa shape index (κ1) is 20.7. The maximum atomic E-state index is 12.5. The summed E-state index contributed by atoms with van der Waals surface area (Å²) in [5.41, 5.74) is 2.67. The number of halogens is 1. The molecule has 2 aromatic carbocycles. The van der Waals surface area contributed by atoms with Gasteiger partial charge in [0.25, 0.3) is 5.56 Å². The van der Waals surface area contributed by atoms with Crippen molar-refractivity contribution in [3.8, 4) is 0 Å². The van der Waals surface area contributed by atoms with Crippen molar-refractivity contribution < 1.29 is 4.79 Å². The van der Waals surface area contributed by atoms with Crippen molar-refractivity contribution in [3.05, 3.63) is 86.3 Å². The molecule has 4 nitrogen and oxygen atoms in total. The van der Waals surface area contributed by atoms with E-state index in [9.17, 15) is 9.59 Å². The summed E-state index contributed by atoms with van der Waals surface area (Å²) in [6, 6.07) is 14.3. The van der Waals surface area contributed by atoms with Crippen molar-refractivity contribution in [3.63, 3.8) is 0 Å². The van der Waals surface area contributed by atoms with Gasteiger partial charge in [0.1, 0.15) is 0 Å². The van der Waals surface area contributed by atoms with E-state index in [1.54, 1.807) is 47.6 Å². The van der Waals surface area contributed by atoms with E-state index >= 15 is 0 Å². The van der Waals surface area contributed by atoms with E-state index < -0.39 is 0 Å². The van der Waals surface area contributed by atoms with Gasteiger partial charge in [0.15, 0.2) is 10.9 Å². The van der Waals surface area contributed by atoms with E-state index in [4.69, 9.17) is 11.6 Å². The molecular formula is C21H19ClN2O2S2. The number of hydrogen-bond acceptors (Lipinski definition) is 5. The Kier molecular flexibility index (Phi) is 6.65. The van der Waals surface area contributed by atoms with Gasteiger partial charge in [-0.05, 0) is 61.7 Å². The van der Waals surface area contributed by atoms with Gasteiger partial charge in [-0.2, -0.15) is 0 Å². The summed E-state index contributed by atoms with van der Waals surface area (Å²) in [5.74, 6) is 0.557. The van der Waals surface area contributed by atoms with Crippen LogP contribution >= 0.6 is 35.1 Å². The van der Waals surface area contributed by atoms with Gasteiger partial charge in [0.05, 0.1) is 5.69 Å². The van der Waals surface area contributed by atoms with Crippen LogP contribution in [0.4, 0.5) is 0 Å². The lowest BCUT2D eigenvalue weighted by molar-refractivity contribution is 0.103. The van der Waals surface area contributed by atoms with Crippen LogP contribution in [-0.2, 0) is 12.8 Å². The van der Waals surface area contributed by atoms with Gasteiger partial charge in [-0.3, -0.25) is 14.2 Å². The van der Waals surface area contributed by atoms with E-state index in [-0.39, 0.29) is 11.3 Å². The van der Waals surface area contributed by atoms with Crippen LogP contribution in [0, 0.1) is 6.92 Å². The maximum Gasteiger partial charge on any atom is 0.257 e. The summed E-state index contributed by atoms with van der Waals surface area (Å²) in [7, 11) is 1.74. The Morgan fingerprint density at radius 3 is 2.21 bits per heavy atom. The molecule has 0 saturated heterocycles. The average Bonchev–Trinajstić information content (AvgIpc) is 2.72. The molecule has 0 aliphatic heterocycles. The van der Waals surface area contributed by atoms with Gasteiger partial charge in [-0.1, -0.05) is 23.4 Å². The number of rotatable bonds is 6. The molecule has 0 unspecified atom stereocenters. The molecule has 7 heteroatoms. The molecule has 0 fully saturated rings. The second kappa shape index (κ2) is 8.99. The minimum Gasteiger partial charge on any atom is -0.291 e. The van der Waals surface area contributed by atoms with Crippen LogP contribution in [0.1, 0.15) is 27.2 Å². The summed E-state index contributed by atoms with van der Waals surface area (Å²) in [6.45, 7) is 1.81. The SMILES string of the molecule is CSc1nc(CSc2ccc(C(=O)c3ccc(Cl)cc3)cc2)c(C)c(=O)n1C. The number of nitrogens with zero attached hydrogens (tertiary/aromatic N) is 2. The normalized spacial score (nSPS) is 10.9. The van der Waals surface area contributed by atoms with Crippen molar-refractivity contribution in [2.45, 2.75) is 22.7 Å². The Morgan fingerprint density at radius 2 is 1.64 bits per heavy atom. The summed E-state index contributed by atoms with van der Waals surface area (Å²) in [6.07, 6.45) is 1.91. The maximum absolute atomic E-state index is 12.5. The van der Waals surface area contributed by atoms with Gasteiger partial charge in [0.2, 0.25) is 0 Å². The standard InChI is InChI=1S/C21H19ClN2O2S2/c1-13-18(23-21(27-3)24(2)20(13)26)12-28-17-10-6-15(7-11-17)19(25)14-4-8-16(22)9-5-14/h4-11H,12H2,1-3H3. The fraction of sp³-hybridized carbons (Fsp3) is 0.190. The molecule has 0 radical (unpaired) electrons. The Balaban J connectivity index is 1.73. The lowest BCUT2D eigenvalue weighted by Crippen LogP contribution is -2.24. The highest BCUT2D eigenvalue weighted by molar-refractivity contribution is 7.98. The second-order valence-electron chi connectivity index (χ2n) is 6.18. The van der Waals surface area contributed by atoms with Crippen molar-refractivity contribution in [2.75, 3.05) is 6.26 Å². The molecule has 0 spiro atoms. The highest BCUT2D eigenvalue weighted by atomic mass is 35.5. The highest BCUT2D eigenvalue weighted by Crippen LogP contribution is 2.25. The van der Waals surface area contributed by atoms with Crippen LogP contribution in [0.15, 0.2) is 63.4 Å². The molecule has 144 valence electrons. The van der Waals surface area contributed by atoms with Gasteiger partial charge < -0.3 is 0 Å². The minimum absolute atomic E-state index is 0.0149. The fourth-order valence-corrected chi connectivity index (χ4v) is 4.28. The van der Waals surface area contributed by atoms with E-state index in [1.165, 1.54) is 11.8 Å². The van der Waals surface area contributed by atoms with Gasteiger partial charge in [0, 0.05) is 39.4 Å². The molecule has 0 aliphatic rings. The predicted molar refractivity (Wildman–Crippen MR) is 117 cm³/mol. The van der Waals surface area contributed by atoms with Crippen LogP contribution < -0.4 is 5.56 Å². The molecule has 1 heterocycles. The summed E-state index contributed by atoms with van der Waals surface area (Å²) in [4.78, 5) is 30.5. The third-order valence-electron chi connectivity index (χ3n) is 4.36. The van der Waals surface area contributed by atoms with Crippen LogP contribution in [0.3, 0.4) is 0 Å². The largest absolute Gasteiger partial charge is 0.291 e. The number of carbonyl (C=O) groups excluding carboxylic acids is 1. The van der Waals surface area contributed by atoms with E-state index in [2.05, 4.69) is 4.98 Å². The van der Waals surface area contributed by atoms with E-state index in [0.29, 0.717) is 32.6 Å². The molecule has 3 rings (SSSR count). The Hall–Kier alpha value is -2.02. The van der Waals surface area contributed by atoms with Crippen molar-refractivity contribution in [1.82, 2.24) is 9.55 Å². The Bertz CT molecular complexity index is 1060. The number of ketones is 1. The molecule has 0 N–H and O–H groups in total. The lowest BCUT2D eigenvalue weighted by atomic mass is 10.0. The predicted octanol–water partition coefficient (Wildman–Crippen LogP) is 4.99. The lowest BCUT2D eigenvalue weighted by Gasteiger charge is -2.10. The number of thioether (sulfide) groups is 2. The molecule has 1 aromatic heterocycles. The molecule has 0 amide bonds. The monoisotopic (exact) mass is 430 g/mol. The number of carbonyl (C=O) groups is 1. The number of hydrogen-bond donors (Lipinski definition) is 0. The first-order valence-electron chi connectivity index (χ1n) is 8.54. The Morgan fingerprint density at radius 1 is 1.07 bits per heavy atom. The van der Waals surface area contributed by atoms with Gasteiger partial charge in [-0.15, -0.1) is 11.8 Å². The third-order valence-corrected chi connectivity index (χ3v) is 6.36. The zero-order valence-electron chi connectivity index (χ0n) is 15.7. The highest BCUT2D eigenvalue weighted by Gasteiger charge is 2.12. The molecular weight excluding hydrogens is 412 g/mol. The van der Waals surface area contributed by atoms with Gasteiger partial charge in [-0.25, -0.2) is 4.98 Å². The topological polar surface area (TPSA) is 52.0 Å². The Labute approximate surface area is 177 Å². The molecule has 28 heavy (non-hydrogen) atoms. The minimum atomic E-state index is -0.0399. The van der Waals surface area contributed by atoms with Crippen molar-refractivity contribution in [1.29, 1.82) is 0 Å². The third kappa shape index (κ3) is 4.51. The molecule has 0 atom stereocenters. The number of aromatic nitrogens is 2. The van der Waals surface area contributed by atoms with Crippen LogP contribution in [-0.4, -0.2) is 21.6 Å². The summed E-state index contributed by atoms with van der Waals surface area (Å²) in [5, 5.41) is 1.31. The first-order chi connectivity index (χ1) is 13.4. The van der Waals surface area contributed by atoms with Crippen molar-refractivity contribution >= 4 is 40.9 Å². The molecule has 0 aliphatic carbocycles. The molecule has 3 aromatic rings. The quantitative estimate of drug-likeness (QED) is 0.313. The zero-order valence-corrected chi connectivity index (χ0v) is 18.1. The van der Waals surface area contributed by atoms with Crippen LogP contribution in [0.25, 0.3) is 0 Å². The zero-order chi connectivity index (χ0) is 20.3. The van der Waals surface area contributed by atoms with Crippen LogP contribution in [0.5, 0.6) is 0 Å². The fourth-order valence-electron chi connectivity index (χ4n) is 2.68. The molecule has 0 bridgehead atoms. The summed E-state index contributed by atoms with van der Waals surface area (Å²) >= 11 is 8.92. The molecule has 0 saturated carbocycles. The van der Waals surface area contributed by atoms with Crippen molar-refractivity contribution in [2.24, 2.45) is 7.05 Å². The van der Waals surface area contributed by atoms with E-state index in [0.717, 1.165) is 10.6 Å². The first-order valence-corrected chi connectivity index (χ1v) is 11.1. The number of benzene rings is 2.